The lowest BCUT2D eigenvalue weighted by Crippen LogP contribution is -2.15. The van der Waals surface area contributed by atoms with Crippen LogP contribution in [0.2, 0.25) is 0 Å². The van der Waals surface area contributed by atoms with E-state index in [4.69, 9.17) is 4.74 Å². The Balaban J connectivity index is 1.98. The fourth-order valence-electron chi connectivity index (χ4n) is 1.48. The van der Waals surface area contributed by atoms with E-state index >= 15 is 0 Å². The zero-order valence-electron chi connectivity index (χ0n) is 10.6. The summed E-state index contributed by atoms with van der Waals surface area (Å²) in [7, 11) is 0. The Hall–Kier alpha value is -2.09. The van der Waals surface area contributed by atoms with Crippen molar-refractivity contribution in [1.82, 2.24) is 9.97 Å². The molecule has 0 atom stereocenters. The molecule has 0 saturated heterocycles. The Labute approximate surface area is 127 Å². The number of hydrogen-bond acceptors (Lipinski definition) is 4. The maximum atomic E-state index is 12.7. The highest BCUT2D eigenvalue weighted by Crippen LogP contribution is 2.29. The van der Waals surface area contributed by atoms with Crippen LogP contribution >= 0.6 is 15.9 Å². The molecule has 2 rings (SSSR count). The van der Waals surface area contributed by atoms with E-state index in [9.17, 15) is 13.6 Å². The number of nitrogens with zero attached hydrogens (tertiary/aromatic N) is 2. The maximum absolute atomic E-state index is 12.7. The fraction of sp³-hybridized carbons (Fsp3) is 0.154. The van der Waals surface area contributed by atoms with E-state index in [0.29, 0.717) is 0 Å². The molecule has 2 aromatic rings. The van der Waals surface area contributed by atoms with Crippen molar-refractivity contribution in [3.05, 3.63) is 52.4 Å². The van der Waals surface area contributed by atoms with Gasteiger partial charge in [-0.1, -0.05) is 30.3 Å². The predicted molar refractivity (Wildman–Crippen MR) is 74.9 cm³/mol. The van der Waals surface area contributed by atoms with Gasteiger partial charge in [0, 0.05) is 0 Å². The molecule has 0 fully saturated rings. The largest absolute Gasteiger partial charge is 0.444 e. The molecule has 0 aliphatic rings. The zero-order chi connectivity index (χ0) is 15.2. The highest BCUT2D eigenvalue weighted by Gasteiger charge is 2.18. The van der Waals surface area contributed by atoms with Gasteiger partial charge in [0.15, 0.2) is 5.82 Å². The van der Waals surface area contributed by atoms with Crippen LogP contribution in [-0.2, 0) is 11.3 Å². The zero-order valence-corrected chi connectivity index (χ0v) is 12.2. The Morgan fingerprint density at radius 1 is 1.29 bits per heavy atom. The van der Waals surface area contributed by atoms with Crippen LogP contribution in [0.1, 0.15) is 17.7 Å². The van der Waals surface area contributed by atoms with Gasteiger partial charge in [-0.2, -0.15) is 0 Å². The second-order valence-electron chi connectivity index (χ2n) is 3.91. The lowest BCUT2D eigenvalue weighted by molar-refractivity contribution is 0.144. The highest BCUT2D eigenvalue weighted by molar-refractivity contribution is 9.10. The molecule has 0 radical (unpaired) electrons. The van der Waals surface area contributed by atoms with Gasteiger partial charge in [0.1, 0.15) is 18.6 Å². The van der Waals surface area contributed by atoms with E-state index < -0.39 is 18.2 Å². The van der Waals surface area contributed by atoms with Crippen LogP contribution in [0.3, 0.4) is 0 Å². The summed E-state index contributed by atoms with van der Waals surface area (Å²) in [5.41, 5.74) is 0.311. The third-order valence-electron chi connectivity index (χ3n) is 2.46. The number of nitrogens with one attached hydrogen (secondary N) is 1. The summed E-state index contributed by atoms with van der Waals surface area (Å²) in [5, 5.41) is 2.28. The second kappa shape index (κ2) is 7.07. The fourth-order valence-corrected chi connectivity index (χ4v) is 1.96. The first-order chi connectivity index (χ1) is 10.1. The maximum Gasteiger partial charge on any atom is 0.413 e. The number of rotatable bonds is 4. The summed E-state index contributed by atoms with van der Waals surface area (Å²) >= 11 is 2.93. The lowest BCUT2D eigenvalue weighted by Gasteiger charge is -2.09. The Morgan fingerprint density at radius 2 is 2.00 bits per heavy atom. The molecule has 1 aromatic heterocycles. The molecule has 110 valence electrons. The minimum Gasteiger partial charge on any atom is -0.444 e. The van der Waals surface area contributed by atoms with Crippen molar-refractivity contribution < 1.29 is 18.3 Å². The standard InChI is InChI=1S/C13H10BrF2N3O2/c14-9-10(11(15)16)17-7-18-12(9)19-13(20)21-6-8-4-2-1-3-5-8/h1-5,7,11H,6H2,(H,17,18,19,20). The third-order valence-corrected chi connectivity index (χ3v) is 3.24. The van der Waals surface area contributed by atoms with E-state index in [2.05, 4.69) is 31.2 Å². The number of benzene rings is 1. The van der Waals surface area contributed by atoms with Crippen molar-refractivity contribution in [2.24, 2.45) is 0 Å². The normalized spacial score (nSPS) is 10.5. The van der Waals surface area contributed by atoms with E-state index in [1.54, 1.807) is 12.1 Å². The average molecular weight is 358 g/mol. The van der Waals surface area contributed by atoms with Crippen LogP contribution in [0.5, 0.6) is 0 Å². The van der Waals surface area contributed by atoms with Crippen molar-refractivity contribution >= 4 is 27.8 Å². The van der Waals surface area contributed by atoms with Gasteiger partial charge in [0.2, 0.25) is 0 Å². The number of alkyl halides is 2. The van der Waals surface area contributed by atoms with Crippen LogP contribution in [0.25, 0.3) is 0 Å². The molecule has 0 aliphatic heterocycles. The molecule has 0 bridgehead atoms. The molecule has 1 heterocycles. The molecule has 1 aromatic carbocycles. The van der Waals surface area contributed by atoms with Crippen molar-refractivity contribution in [3.8, 4) is 0 Å². The van der Waals surface area contributed by atoms with E-state index in [1.807, 2.05) is 18.2 Å². The van der Waals surface area contributed by atoms with Gasteiger partial charge in [-0.15, -0.1) is 0 Å². The smallest absolute Gasteiger partial charge is 0.413 e. The van der Waals surface area contributed by atoms with Crippen LogP contribution in [0.4, 0.5) is 19.4 Å². The van der Waals surface area contributed by atoms with Gasteiger partial charge in [0.05, 0.1) is 4.47 Å². The topological polar surface area (TPSA) is 64.1 Å². The van der Waals surface area contributed by atoms with Crippen LogP contribution in [0, 0.1) is 0 Å². The number of carbonyl (C=O) groups excluding carboxylic acids is 1. The highest BCUT2D eigenvalue weighted by atomic mass is 79.9. The van der Waals surface area contributed by atoms with Crippen molar-refractivity contribution in [1.29, 1.82) is 0 Å². The van der Waals surface area contributed by atoms with Gasteiger partial charge < -0.3 is 4.74 Å². The molecular formula is C13H10BrF2N3O2. The Morgan fingerprint density at radius 3 is 2.67 bits per heavy atom. The molecule has 5 nitrogen and oxygen atoms in total. The van der Waals surface area contributed by atoms with Crippen molar-refractivity contribution in [2.75, 3.05) is 5.32 Å². The lowest BCUT2D eigenvalue weighted by atomic mass is 10.2. The SMILES string of the molecule is O=C(Nc1ncnc(C(F)F)c1Br)OCc1ccccc1. The number of carbonyl (C=O) groups is 1. The van der Waals surface area contributed by atoms with E-state index in [1.165, 1.54) is 0 Å². The minimum absolute atomic E-state index is 0.0665. The monoisotopic (exact) mass is 357 g/mol. The number of amides is 1. The molecule has 0 spiro atoms. The quantitative estimate of drug-likeness (QED) is 0.900. The second-order valence-corrected chi connectivity index (χ2v) is 4.70. The first-order valence-electron chi connectivity index (χ1n) is 5.84. The molecule has 1 amide bonds. The average Bonchev–Trinajstić information content (AvgIpc) is 2.48. The van der Waals surface area contributed by atoms with Gasteiger partial charge in [-0.05, 0) is 21.5 Å². The summed E-state index contributed by atoms with van der Waals surface area (Å²) in [6.07, 6.45) is -2.62. The Bertz CT molecular complexity index is 626. The number of hydrogen-bond donors (Lipinski definition) is 1. The van der Waals surface area contributed by atoms with Crippen molar-refractivity contribution in [2.45, 2.75) is 13.0 Å². The summed E-state index contributed by atoms with van der Waals surface area (Å²) in [5.74, 6) is -0.0710. The molecule has 0 saturated carbocycles. The predicted octanol–water partition coefficient (Wildman–Crippen LogP) is 3.93. The first-order valence-corrected chi connectivity index (χ1v) is 6.63. The van der Waals surface area contributed by atoms with Crippen LogP contribution in [0.15, 0.2) is 41.1 Å². The number of ether oxygens (including phenoxy) is 1. The van der Waals surface area contributed by atoms with Gasteiger partial charge in [-0.25, -0.2) is 23.5 Å². The van der Waals surface area contributed by atoms with Gasteiger partial charge >= 0.3 is 6.09 Å². The summed E-state index contributed by atoms with van der Waals surface area (Å²) in [6.45, 7) is 0.0665. The van der Waals surface area contributed by atoms with Gasteiger partial charge in [0.25, 0.3) is 6.43 Å². The van der Waals surface area contributed by atoms with E-state index in [0.717, 1.165) is 11.9 Å². The molecule has 21 heavy (non-hydrogen) atoms. The van der Waals surface area contributed by atoms with Crippen LogP contribution < -0.4 is 5.32 Å². The molecular weight excluding hydrogens is 348 g/mol. The van der Waals surface area contributed by atoms with E-state index in [-0.39, 0.29) is 16.9 Å². The first kappa shape index (κ1) is 15.3. The summed E-state index contributed by atoms with van der Waals surface area (Å²) in [6, 6.07) is 9.05. The number of aromatic nitrogens is 2. The van der Waals surface area contributed by atoms with Gasteiger partial charge in [-0.3, -0.25) is 5.32 Å². The van der Waals surface area contributed by atoms with Crippen molar-refractivity contribution in [3.63, 3.8) is 0 Å². The molecule has 8 heteroatoms. The summed E-state index contributed by atoms with van der Waals surface area (Å²) < 4.78 is 30.2. The summed E-state index contributed by atoms with van der Waals surface area (Å²) in [4.78, 5) is 18.8. The van der Waals surface area contributed by atoms with Crippen LogP contribution in [-0.4, -0.2) is 16.1 Å². The molecule has 0 aliphatic carbocycles. The minimum atomic E-state index is -2.77. The Kier molecular flexibility index (Phi) is 5.15. The molecule has 0 unspecified atom stereocenters. The molecule has 1 N–H and O–H groups in total. The third kappa shape index (κ3) is 4.19. The number of halogens is 3. The number of anilines is 1.